The molecule has 0 bridgehead atoms. The molecule has 0 radical (unpaired) electrons. The molecule has 0 atom stereocenters. The highest BCUT2D eigenvalue weighted by molar-refractivity contribution is 7.86. The van der Waals surface area contributed by atoms with Crippen LogP contribution in [-0.2, 0) is 20.2 Å². The van der Waals surface area contributed by atoms with Gasteiger partial charge in [-0.3, -0.25) is 9.11 Å². The Hall–Kier alpha value is -2.78. The fourth-order valence-corrected chi connectivity index (χ4v) is 5.06. The Bertz CT molecular complexity index is 1460. The van der Waals surface area contributed by atoms with Crippen molar-refractivity contribution in [3.8, 4) is 11.1 Å². The molecule has 0 fully saturated rings. The average molecular weight is 414 g/mol. The van der Waals surface area contributed by atoms with Crippen molar-refractivity contribution in [2.45, 2.75) is 9.79 Å². The van der Waals surface area contributed by atoms with Gasteiger partial charge in [-0.1, -0.05) is 60.7 Å². The van der Waals surface area contributed by atoms with Gasteiger partial charge in [0.25, 0.3) is 20.2 Å². The molecular formula is C20H14O6S2. The number of rotatable bonds is 3. The largest absolute Gasteiger partial charge is 0.295 e. The van der Waals surface area contributed by atoms with Crippen molar-refractivity contribution >= 4 is 41.8 Å². The lowest BCUT2D eigenvalue weighted by molar-refractivity contribution is 0.482. The molecule has 6 nitrogen and oxygen atoms in total. The van der Waals surface area contributed by atoms with Crippen LogP contribution in [0.3, 0.4) is 0 Å². The summed E-state index contributed by atoms with van der Waals surface area (Å²) in [6, 6.07) is 19.2. The van der Waals surface area contributed by atoms with Crippen molar-refractivity contribution in [3.05, 3.63) is 72.8 Å². The molecule has 0 heterocycles. The second-order valence-electron chi connectivity index (χ2n) is 6.31. The Labute approximate surface area is 161 Å². The van der Waals surface area contributed by atoms with Gasteiger partial charge in [0.05, 0.1) is 0 Å². The van der Waals surface area contributed by atoms with E-state index in [2.05, 4.69) is 0 Å². The van der Waals surface area contributed by atoms with Crippen LogP contribution in [0.2, 0.25) is 0 Å². The van der Waals surface area contributed by atoms with Crippen LogP contribution in [0.1, 0.15) is 0 Å². The predicted octanol–water partition coefficient (Wildman–Crippen LogP) is 4.15. The molecule has 4 rings (SSSR count). The van der Waals surface area contributed by atoms with Crippen LogP contribution in [0.5, 0.6) is 0 Å². The van der Waals surface area contributed by atoms with Crippen molar-refractivity contribution < 1.29 is 25.9 Å². The Morgan fingerprint density at radius 2 is 1.21 bits per heavy atom. The Morgan fingerprint density at radius 3 is 1.86 bits per heavy atom. The summed E-state index contributed by atoms with van der Waals surface area (Å²) < 4.78 is 67.7. The van der Waals surface area contributed by atoms with Crippen LogP contribution < -0.4 is 0 Å². The first-order valence-electron chi connectivity index (χ1n) is 8.16. The maximum Gasteiger partial charge on any atom is 0.295 e. The highest BCUT2D eigenvalue weighted by atomic mass is 32.2. The van der Waals surface area contributed by atoms with Crippen LogP contribution in [0.15, 0.2) is 82.6 Å². The lowest BCUT2D eigenvalue weighted by Gasteiger charge is -2.13. The van der Waals surface area contributed by atoms with Crippen LogP contribution >= 0.6 is 0 Å². The van der Waals surface area contributed by atoms with E-state index >= 15 is 0 Å². The van der Waals surface area contributed by atoms with E-state index in [9.17, 15) is 25.9 Å². The summed E-state index contributed by atoms with van der Waals surface area (Å²) >= 11 is 0. The van der Waals surface area contributed by atoms with E-state index < -0.39 is 20.2 Å². The summed E-state index contributed by atoms with van der Waals surface area (Å²) in [7, 11) is -9.18. The van der Waals surface area contributed by atoms with Crippen molar-refractivity contribution in [1.82, 2.24) is 0 Å². The molecular weight excluding hydrogens is 400 g/mol. The Balaban J connectivity index is 2.17. The third kappa shape index (κ3) is 3.16. The summed E-state index contributed by atoms with van der Waals surface area (Å²) in [4.78, 5) is -0.655. The maximum absolute atomic E-state index is 12.2. The zero-order valence-corrected chi connectivity index (χ0v) is 15.9. The zero-order valence-electron chi connectivity index (χ0n) is 14.3. The zero-order chi connectivity index (χ0) is 20.1. The van der Waals surface area contributed by atoms with Gasteiger partial charge < -0.3 is 0 Å². The van der Waals surface area contributed by atoms with Gasteiger partial charge in [-0.2, -0.15) is 16.8 Å². The molecule has 0 amide bonds. The molecule has 0 unspecified atom stereocenters. The van der Waals surface area contributed by atoms with Gasteiger partial charge in [0, 0.05) is 16.3 Å². The van der Waals surface area contributed by atoms with Gasteiger partial charge in [-0.25, -0.2) is 0 Å². The highest BCUT2D eigenvalue weighted by Crippen LogP contribution is 2.37. The van der Waals surface area contributed by atoms with Gasteiger partial charge in [-0.15, -0.1) is 0 Å². The molecule has 0 saturated heterocycles. The quantitative estimate of drug-likeness (QED) is 0.488. The SMILES string of the molecule is O=S(=O)(O)c1cc(-c2ccc3ccccc3c2S(=O)(=O)O)cc2ccccc12. The van der Waals surface area contributed by atoms with Gasteiger partial charge in [0.2, 0.25) is 0 Å². The minimum atomic E-state index is -4.62. The first-order chi connectivity index (χ1) is 13.2. The summed E-state index contributed by atoms with van der Waals surface area (Å²) in [5.74, 6) is 0. The molecule has 0 aliphatic carbocycles. The van der Waals surface area contributed by atoms with E-state index in [1.165, 1.54) is 12.1 Å². The number of benzene rings is 4. The first-order valence-corrected chi connectivity index (χ1v) is 11.0. The third-order valence-corrected chi connectivity index (χ3v) is 6.40. The van der Waals surface area contributed by atoms with Crippen LogP contribution in [0.25, 0.3) is 32.7 Å². The topological polar surface area (TPSA) is 109 Å². The van der Waals surface area contributed by atoms with Gasteiger partial charge >= 0.3 is 0 Å². The Morgan fingerprint density at radius 1 is 0.607 bits per heavy atom. The molecule has 2 N–H and O–H groups in total. The van der Waals surface area contributed by atoms with E-state index in [4.69, 9.17) is 0 Å². The lowest BCUT2D eigenvalue weighted by Crippen LogP contribution is -2.04. The van der Waals surface area contributed by atoms with Crippen LogP contribution in [-0.4, -0.2) is 25.9 Å². The molecule has 4 aromatic carbocycles. The van der Waals surface area contributed by atoms with Gasteiger partial charge in [0.1, 0.15) is 9.79 Å². The van der Waals surface area contributed by atoms with Gasteiger partial charge in [0.15, 0.2) is 0 Å². The van der Waals surface area contributed by atoms with Crippen molar-refractivity contribution in [2.24, 2.45) is 0 Å². The van der Waals surface area contributed by atoms with Crippen LogP contribution in [0.4, 0.5) is 0 Å². The number of hydrogen-bond donors (Lipinski definition) is 2. The number of hydrogen-bond acceptors (Lipinski definition) is 4. The van der Waals surface area contributed by atoms with E-state index in [0.29, 0.717) is 21.5 Å². The molecule has 142 valence electrons. The average Bonchev–Trinajstić information content (AvgIpc) is 2.64. The van der Waals surface area contributed by atoms with Crippen molar-refractivity contribution in [1.29, 1.82) is 0 Å². The second kappa shape index (κ2) is 6.39. The van der Waals surface area contributed by atoms with Crippen molar-refractivity contribution in [3.63, 3.8) is 0 Å². The molecule has 0 aromatic heterocycles. The number of fused-ring (bicyclic) bond motifs is 2. The normalized spacial score (nSPS) is 12.5. The van der Waals surface area contributed by atoms with Gasteiger partial charge in [-0.05, 0) is 28.5 Å². The first kappa shape index (κ1) is 18.6. The second-order valence-corrected chi connectivity index (χ2v) is 9.06. The minimum Gasteiger partial charge on any atom is -0.282 e. The molecule has 0 spiro atoms. The monoisotopic (exact) mass is 414 g/mol. The van der Waals surface area contributed by atoms with Crippen molar-refractivity contribution in [2.75, 3.05) is 0 Å². The molecule has 0 saturated carbocycles. The fraction of sp³-hybridized carbons (Fsp3) is 0. The maximum atomic E-state index is 12.2. The molecule has 0 aliphatic rings. The molecule has 28 heavy (non-hydrogen) atoms. The molecule has 4 aromatic rings. The predicted molar refractivity (Wildman–Crippen MR) is 107 cm³/mol. The Kier molecular flexibility index (Phi) is 4.24. The summed E-state index contributed by atoms with van der Waals surface area (Å²) in [5.41, 5.74) is 0.376. The minimum absolute atomic E-state index is 0.136. The molecule has 0 aliphatic heterocycles. The smallest absolute Gasteiger partial charge is 0.282 e. The summed E-state index contributed by atoms with van der Waals surface area (Å²) in [6.45, 7) is 0. The summed E-state index contributed by atoms with van der Waals surface area (Å²) in [6.07, 6.45) is 0. The van der Waals surface area contributed by atoms with E-state index in [0.717, 1.165) is 0 Å². The van der Waals surface area contributed by atoms with E-state index in [1.54, 1.807) is 60.7 Å². The lowest BCUT2D eigenvalue weighted by atomic mass is 9.98. The standard InChI is InChI=1S/C20H14O6S2/c21-27(22,23)19-12-15(11-14-6-2-3-7-16(14)19)18-10-9-13-5-1-4-8-17(13)20(18)28(24,25)26/h1-12H,(H,21,22,23)(H,24,25,26). The third-order valence-electron chi connectivity index (χ3n) is 4.55. The van der Waals surface area contributed by atoms with E-state index in [1.807, 2.05) is 0 Å². The fourth-order valence-electron chi connectivity index (χ4n) is 3.39. The van der Waals surface area contributed by atoms with E-state index in [-0.39, 0.29) is 20.9 Å². The van der Waals surface area contributed by atoms with Crippen LogP contribution in [0, 0.1) is 0 Å². The molecule has 8 heteroatoms. The highest BCUT2D eigenvalue weighted by Gasteiger charge is 2.23. The summed E-state index contributed by atoms with van der Waals surface area (Å²) in [5, 5.41) is 1.73.